The SMILES string of the molecule is O=C/C=C/[C@@H]1O[C@H]1c1ccc(C(F)(F)F)cc1. The number of carbonyl (C=O) groups is 1. The molecule has 0 bridgehead atoms. The van der Waals surface area contributed by atoms with Gasteiger partial charge >= 0.3 is 6.18 Å². The van der Waals surface area contributed by atoms with Gasteiger partial charge in [-0.3, -0.25) is 4.79 Å². The Balaban J connectivity index is 2.05. The van der Waals surface area contributed by atoms with Crippen LogP contribution in [0, 0.1) is 0 Å². The molecule has 90 valence electrons. The van der Waals surface area contributed by atoms with Crippen molar-refractivity contribution in [2.45, 2.75) is 18.4 Å². The van der Waals surface area contributed by atoms with E-state index in [0.717, 1.165) is 12.1 Å². The van der Waals surface area contributed by atoms with Crippen molar-refractivity contribution in [2.75, 3.05) is 0 Å². The van der Waals surface area contributed by atoms with Crippen LogP contribution in [0.4, 0.5) is 13.2 Å². The molecule has 0 N–H and O–H groups in total. The number of allylic oxidation sites excluding steroid dienone is 1. The van der Waals surface area contributed by atoms with Crippen molar-refractivity contribution >= 4 is 6.29 Å². The Hall–Kier alpha value is -1.62. The van der Waals surface area contributed by atoms with Crippen LogP contribution < -0.4 is 0 Å². The highest BCUT2D eigenvalue weighted by atomic mass is 19.4. The first-order chi connectivity index (χ1) is 8.02. The minimum atomic E-state index is -4.32. The van der Waals surface area contributed by atoms with Crippen molar-refractivity contribution in [3.05, 3.63) is 47.5 Å². The maximum Gasteiger partial charge on any atom is 0.416 e. The molecule has 0 saturated carbocycles. The lowest BCUT2D eigenvalue weighted by molar-refractivity contribution is -0.137. The number of hydrogen-bond acceptors (Lipinski definition) is 2. The molecular weight excluding hydrogens is 233 g/mol. The first kappa shape index (κ1) is 11.9. The van der Waals surface area contributed by atoms with Gasteiger partial charge in [0.25, 0.3) is 0 Å². The van der Waals surface area contributed by atoms with Gasteiger partial charge in [-0.25, -0.2) is 0 Å². The van der Waals surface area contributed by atoms with Crippen LogP contribution in [0.25, 0.3) is 0 Å². The van der Waals surface area contributed by atoms with Gasteiger partial charge in [-0.15, -0.1) is 0 Å². The lowest BCUT2D eigenvalue weighted by atomic mass is 10.1. The number of benzene rings is 1. The molecule has 1 saturated heterocycles. The standard InChI is InChI=1S/C12H9F3O2/c13-12(14,15)9-5-3-8(4-6-9)11-10(17-11)2-1-7-16/h1-7,10-11H/b2-1+/t10-,11-/m0/s1. The van der Waals surface area contributed by atoms with E-state index in [2.05, 4.69) is 0 Å². The normalized spacial score (nSPS) is 23.9. The van der Waals surface area contributed by atoms with Gasteiger partial charge in [0.2, 0.25) is 0 Å². The summed E-state index contributed by atoms with van der Waals surface area (Å²) < 4.78 is 42.1. The number of halogens is 3. The molecule has 0 spiro atoms. The maximum absolute atomic E-state index is 12.3. The lowest BCUT2D eigenvalue weighted by Crippen LogP contribution is -2.04. The fraction of sp³-hybridized carbons (Fsp3) is 0.250. The minimum Gasteiger partial charge on any atom is -0.360 e. The number of carbonyl (C=O) groups excluding carboxylic acids is 1. The molecular formula is C12H9F3O2. The molecule has 2 atom stereocenters. The molecule has 17 heavy (non-hydrogen) atoms. The summed E-state index contributed by atoms with van der Waals surface area (Å²) >= 11 is 0. The van der Waals surface area contributed by atoms with Crippen LogP contribution in [0.2, 0.25) is 0 Å². The molecule has 0 aromatic heterocycles. The van der Waals surface area contributed by atoms with Gasteiger partial charge in [0, 0.05) is 0 Å². The smallest absolute Gasteiger partial charge is 0.360 e. The fourth-order valence-corrected chi connectivity index (χ4v) is 1.56. The second-order valence-electron chi connectivity index (χ2n) is 3.66. The van der Waals surface area contributed by atoms with E-state index in [1.807, 2.05) is 0 Å². The van der Waals surface area contributed by atoms with Gasteiger partial charge in [0.15, 0.2) is 0 Å². The highest BCUT2D eigenvalue weighted by Gasteiger charge is 2.38. The molecule has 1 fully saturated rings. The van der Waals surface area contributed by atoms with E-state index in [9.17, 15) is 18.0 Å². The van der Waals surface area contributed by atoms with E-state index in [4.69, 9.17) is 4.74 Å². The summed E-state index contributed by atoms with van der Waals surface area (Å²) in [6.07, 6.45) is -1.25. The van der Waals surface area contributed by atoms with Crippen LogP contribution in [0.3, 0.4) is 0 Å². The van der Waals surface area contributed by atoms with Gasteiger partial charge in [-0.1, -0.05) is 12.1 Å². The van der Waals surface area contributed by atoms with Crippen molar-refractivity contribution < 1.29 is 22.7 Å². The molecule has 5 heteroatoms. The molecule has 2 nitrogen and oxygen atoms in total. The van der Waals surface area contributed by atoms with E-state index in [1.165, 1.54) is 18.2 Å². The zero-order chi connectivity index (χ0) is 12.5. The van der Waals surface area contributed by atoms with E-state index >= 15 is 0 Å². The summed E-state index contributed by atoms with van der Waals surface area (Å²) in [7, 11) is 0. The second-order valence-corrected chi connectivity index (χ2v) is 3.66. The molecule has 0 unspecified atom stereocenters. The van der Waals surface area contributed by atoms with Crippen molar-refractivity contribution in [3.8, 4) is 0 Å². The van der Waals surface area contributed by atoms with E-state index in [1.54, 1.807) is 6.08 Å². The molecule has 1 heterocycles. The highest BCUT2D eigenvalue weighted by Crippen LogP contribution is 2.40. The zero-order valence-electron chi connectivity index (χ0n) is 8.65. The van der Waals surface area contributed by atoms with Gasteiger partial charge in [-0.05, 0) is 29.8 Å². The van der Waals surface area contributed by atoms with Crippen molar-refractivity contribution in [1.29, 1.82) is 0 Å². The Bertz CT molecular complexity index is 434. The molecule has 0 radical (unpaired) electrons. The molecule has 1 aliphatic heterocycles. The van der Waals surface area contributed by atoms with Crippen LogP contribution in [0.1, 0.15) is 17.2 Å². The zero-order valence-corrected chi connectivity index (χ0v) is 8.65. The number of aldehydes is 1. The Morgan fingerprint density at radius 1 is 1.18 bits per heavy atom. The third-order valence-corrected chi connectivity index (χ3v) is 2.47. The summed E-state index contributed by atoms with van der Waals surface area (Å²) in [5.74, 6) is 0. The summed E-state index contributed by atoms with van der Waals surface area (Å²) in [5.41, 5.74) is 0.000401. The molecule has 1 aromatic carbocycles. The largest absolute Gasteiger partial charge is 0.416 e. The van der Waals surface area contributed by atoms with E-state index < -0.39 is 11.7 Å². The number of ether oxygens (including phenoxy) is 1. The van der Waals surface area contributed by atoms with E-state index in [-0.39, 0.29) is 12.2 Å². The Labute approximate surface area is 95.7 Å². The number of epoxide rings is 1. The van der Waals surface area contributed by atoms with Crippen molar-refractivity contribution in [1.82, 2.24) is 0 Å². The summed E-state index contributed by atoms with van der Waals surface area (Å²) in [4.78, 5) is 10.1. The van der Waals surface area contributed by atoms with Crippen LogP contribution in [-0.4, -0.2) is 12.4 Å². The van der Waals surface area contributed by atoms with Crippen LogP contribution in [0.15, 0.2) is 36.4 Å². The average molecular weight is 242 g/mol. The Morgan fingerprint density at radius 2 is 1.82 bits per heavy atom. The highest BCUT2D eigenvalue weighted by molar-refractivity contribution is 5.65. The first-order valence-corrected chi connectivity index (χ1v) is 4.97. The van der Waals surface area contributed by atoms with Gasteiger partial charge in [0.05, 0.1) is 5.56 Å². The minimum absolute atomic E-state index is 0.211. The van der Waals surface area contributed by atoms with Gasteiger partial charge < -0.3 is 4.74 Å². The third kappa shape index (κ3) is 2.74. The fourth-order valence-electron chi connectivity index (χ4n) is 1.56. The van der Waals surface area contributed by atoms with Crippen molar-refractivity contribution in [3.63, 3.8) is 0 Å². The molecule has 1 aliphatic rings. The third-order valence-electron chi connectivity index (χ3n) is 2.47. The summed E-state index contributed by atoms with van der Waals surface area (Å²) in [6, 6.07) is 4.83. The Morgan fingerprint density at radius 3 is 2.35 bits per heavy atom. The quantitative estimate of drug-likeness (QED) is 0.463. The first-order valence-electron chi connectivity index (χ1n) is 4.97. The maximum atomic E-state index is 12.3. The lowest BCUT2D eigenvalue weighted by Gasteiger charge is -2.06. The van der Waals surface area contributed by atoms with Crippen LogP contribution >= 0.6 is 0 Å². The number of rotatable bonds is 3. The molecule has 0 amide bonds. The predicted octanol–water partition coefficient (Wildman–Crippen LogP) is 2.90. The van der Waals surface area contributed by atoms with Crippen molar-refractivity contribution in [2.24, 2.45) is 0 Å². The summed E-state index contributed by atoms with van der Waals surface area (Å²) in [5, 5.41) is 0. The average Bonchev–Trinajstić information content (AvgIpc) is 3.05. The van der Waals surface area contributed by atoms with Gasteiger partial charge in [0.1, 0.15) is 18.5 Å². The Kier molecular flexibility index (Phi) is 3.02. The molecule has 1 aromatic rings. The number of alkyl halides is 3. The predicted molar refractivity (Wildman–Crippen MR) is 54.3 cm³/mol. The molecule has 0 aliphatic carbocycles. The van der Waals surface area contributed by atoms with Crippen LogP contribution in [0.5, 0.6) is 0 Å². The monoisotopic (exact) mass is 242 g/mol. The topological polar surface area (TPSA) is 29.6 Å². The molecule has 2 rings (SSSR count). The van der Waals surface area contributed by atoms with Crippen LogP contribution in [-0.2, 0) is 15.7 Å². The van der Waals surface area contributed by atoms with E-state index in [0.29, 0.717) is 11.8 Å². The van der Waals surface area contributed by atoms with Gasteiger partial charge in [-0.2, -0.15) is 13.2 Å². The second kappa shape index (κ2) is 4.33. The summed E-state index contributed by atoms with van der Waals surface area (Å²) in [6.45, 7) is 0. The number of hydrogen-bond donors (Lipinski definition) is 0.